The third-order valence-electron chi connectivity index (χ3n) is 1.91. The number of rotatable bonds is 3. The molecule has 1 aliphatic heterocycles. The maximum Gasteiger partial charge on any atom is 0.331 e. The normalized spacial score (nSPS) is 23.0. The van der Waals surface area contributed by atoms with Gasteiger partial charge in [0.2, 0.25) is 0 Å². The van der Waals surface area contributed by atoms with Gasteiger partial charge in [-0.15, -0.1) is 0 Å². The van der Waals surface area contributed by atoms with Crippen LogP contribution in [-0.4, -0.2) is 30.6 Å². The van der Waals surface area contributed by atoms with Crippen LogP contribution in [-0.2, 0) is 9.53 Å². The molecule has 1 rings (SSSR count). The first-order valence-corrected chi connectivity index (χ1v) is 5.56. The number of esters is 1. The molecule has 1 N–H and O–H groups in total. The predicted molar refractivity (Wildman–Crippen MR) is 54.6 cm³/mol. The summed E-state index contributed by atoms with van der Waals surface area (Å²) in [6.45, 7) is 0. The third-order valence-corrected chi connectivity index (χ3v) is 3.13. The van der Waals surface area contributed by atoms with Gasteiger partial charge < -0.3 is 10.1 Å². The summed E-state index contributed by atoms with van der Waals surface area (Å²) in [5.74, 6) is 2.08. The standard InChI is InChI=1S/C9H15NO2S/c1-12-9(11)4-5-10-8-3-2-6-13-7-8/h4-5,8,10H,2-3,6-7H2,1H3/b5-4+. The highest BCUT2D eigenvalue weighted by atomic mass is 32.2. The Morgan fingerprint density at radius 1 is 1.69 bits per heavy atom. The molecule has 1 saturated heterocycles. The molecule has 0 aliphatic carbocycles. The zero-order valence-corrected chi connectivity index (χ0v) is 8.60. The van der Waals surface area contributed by atoms with Gasteiger partial charge in [0.1, 0.15) is 0 Å². The lowest BCUT2D eigenvalue weighted by molar-refractivity contribution is -0.134. The number of methoxy groups -OCH3 is 1. The molecule has 0 radical (unpaired) electrons. The summed E-state index contributed by atoms with van der Waals surface area (Å²) in [6, 6.07) is 0.514. The van der Waals surface area contributed by atoms with E-state index in [0.29, 0.717) is 6.04 Å². The molecule has 0 spiro atoms. The van der Waals surface area contributed by atoms with E-state index in [1.807, 2.05) is 11.8 Å². The molecule has 0 bridgehead atoms. The number of ether oxygens (including phenoxy) is 1. The lowest BCUT2D eigenvalue weighted by Crippen LogP contribution is -2.29. The number of carbonyl (C=O) groups is 1. The van der Waals surface area contributed by atoms with Crippen molar-refractivity contribution in [1.29, 1.82) is 0 Å². The smallest absolute Gasteiger partial charge is 0.331 e. The van der Waals surface area contributed by atoms with E-state index in [1.165, 1.54) is 31.8 Å². The predicted octanol–water partition coefficient (Wildman–Crippen LogP) is 1.16. The Hall–Kier alpha value is -0.640. The third kappa shape index (κ3) is 4.22. The molecule has 13 heavy (non-hydrogen) atoms. The van der Waals surface area contributed by atoms with Crippen molar-refractivity contribution in [2.75, 3.05) is 18.6 Å². The Balaban J connectivity index is 2.16. The molecule has 0 aromatic heterocycles. The number of hydrogen-bond donors (Lipinski definition) is 1. The van der Waals surface area contributed by atoms with Crippen LogP contribution in [0.25, 0.3) is 0 Å². The number of carbonyl (C=O) groups excluding carboxylic acids is 1. The topological polar surface area (TPSA) is 38.3 Å². The monoisotopic (exact) mass is 201 g/mol. The minimum Gasteiger partial charge on any atom is -0.466 e. The van der Waals surface area contributed by atoms with Crippen LogP contribution in [0.2, 0.25) is 0 Å². The highest BCUT2D eigenvalue weighted by Gasteiger charge is 2.10. The minimum atomic E-state index is -0.309. The maximum atomic E-state index is 10.7. The van der Waals surface area contributed by atoms with Crippen molar-refractivity contribution in [3.63, 3.8) is 0 Å². The van der Waals surface area contributed by atoms with Gasteiger partial charge in [0, 0.05) is 24.1 Å². The van der Waals surface area contributed by atoms with Crippen LogP contribution in [0.5, 0.6) is 0 Å². The molecule has 1 unspecified atom stereocenters. The first-order chi connectivity index (χ1) is 6.33. The van der Waals surface area contributed by atoms with E-state index in [4.69, 9.17) is 0 Å². The summed E-state index contributed by atoms with van der Waals surface area (Å²) in [5, 5.41) is 3.18. The van der Waals surface area contributed by atoms with E-state index >= 15 is 0 Å². The van der Waals surface area contributed by atoms with Crippen molar-refractivity contribution in [2.45, 2.75) is 18.9 Å². The van der Waals surface area contributed by atoms with Crippen molar-refractivity contribution in [2.24, 2.45) is 0 Å². The Morgan fingerprint density at radius 2 is 2.54 bits per heavy atom. The first kappa shape index (κ1) is 10.4. The Labute approximate surface area is 82.9 Å². The van der Waals surface area contributed by atoms with E-state index in [2.05, 4.69) is 10.1 Å². The molecule has 0 amide bonds. The second-order valence-corrected chi connectivity index (χ2v) is 4.09. The highest BCUT2D eigenvalue weighted by Crippen LogP contribution is 2.16. The van der Waals surface area contributed by atoms with Gasteiger partial charge in [-0.1, -0.05) is 0 Å². The molecule has 1 atom stereocenters. The summed E-state index contributed by atoms with van der Waals surface area (Å²) >= 11 is 1.96. The van der Waals surface area contributed by atoms with Gasteiger partial charge in [-0.05, 0) is 18.6 Å². The van der Waals surface area contributed by atoms with E-state index in [9.17, 15) is 4.79 Å². The molecular formula is C9H15NO2S. The average molecular weight is 201 g/mol. The lowest BCUT2D eigenvalue weighted by Gasteiger charge is -2.21. The van der Waals surface area contributed by atoms with E-state index in [0.717, 1.165) is 5.75 Å². The largest absolute Gasteiger partial charge is 0.466 e. The Bertz CT molecular complexity index is 188. The van der Waals surface area contributed by atoms with Crippen LogP contribution in [0.1, 0.15) is 12.8 Å². The van der Waals surface area contributed by atoms with Gasteiger partial charge >= 0.3 is 5.97 Å². The zero-order valence-electron chi connectivity index (χ0n) is 7.79. The van der Waals surface area contributed by atoms with E-state index in [1.54, 1.807) is 6.20 Å². The van der Waals surface area contributed by atoms with Gasteiger partial charge in [-0.2, -0.15) is 11.8 Å². The van der Waals surface area contributed by atoms with Gasteiger partial charge in [0.05, 0.1) is 7.11 Å². The highest BCUT2D eigenvalue weighted by molar-refractivity contribution is 7.99. The molecule has 0 saturated carbocycles. The molecule has 3 nitrogen and oxygen atoms in total. The van der Waals surface area contributed by atoms with Crippen LogP contribution >= 0.6 is 11.8 Å². The fourth-order valence-electron chi connectivity index (χ4n) is 1.19. The van der Waals surface area contributed by atoms with Crippen LogP contribution in [0.3, 0.4) is 0 Å². The summed E-state index contributed by atoms with van der Waals surface area (Å²) < 4.78 is 4.47. The number of hydrogen-bond acceptors (Lipinski definition) is 4. The Kier molecular flexibility index (Phi) is 4.75. The maximum absolute atomic E-state index is 10.7. The molecule has 1 aliphatic rings. The van der Waals surface area contributed by atoms with Crippen LogP contribution in [0.4, 0.5) is 0 Å². The fourth-order valence-corrected chi connectivity index (χ4v) is 2.28. The molecule has 4 heteroatoms. The molecule has 0 aromatic rings. The van der Waals surface area contributed by atoms with E-state index < -0.39 is 0 Å². The summed E-state index contributed by atoms with van der Waals surface area (Å²) in [4.78, 5) is 10.7. The average Bonchev–Trinajstić information content (AvgIpc) is 2.19. The molecule has 0 aromatic carbocycles. The minimum absolute atomic E-state index is 0.309. The summed E-state index contributed by atoms with van der Waals surface area (Å²) in [6.07, 6.45) is 5.55. The van der Waals surface area contributed by atoms with Crippen molar-refractivity contribution in [3.05, 3.63) is 12.3 Å². The van der Waals surface area contributed by atoms with E-state index in [-0.39, 0.29) is 5.97 Å². The molecule has 1 fully saturated rings. The summed E-state index contributed by atoms with van der Waals surface area (Å²) in [5.41, 5.74) is 0. The van der Waals surface area contributed by atoms with Gasteiger partial charge in [-0.25, -0.2) is 4.79 Å². The van der Waals surface area contributed by atoms with Crippen LogP contribution < -0.4 is 5.32 Å². The molecule has 74 valence electrons. The number of nitrogens with one attached hydrogen (secondary N) is 1. The van der Waals surface area contributed by atoms with Crippen molar-refractivity contribution < 1.29 is 9.53 Å². The Morgan fingerprint density at radius 3 is 3.15 bits per heavy atom. The van der Waals surface area contributed by atoms with Gasteiger partial charge in [0.15, 0.2) is 0 Å². The summed E-state index contributed by atoms with van der Waals surface area (Å²) in [7, 11) is 1.38. The van der Waals surface area contributed by atoms with Crippen molar-refractivity contribution >= 4 is 17.7 Å². The SMILES string of the molecule is COC(=O)/C=C/NC1CCCSC1. The fraction of sp³-hybridized carbons (Fsp3) is 0.667. The van der Waals surface area contributed by atoms with Crippen LogP contribution in [0, 0.1) is 0 Å². The molecule has 1 heterocycles. The molecular weight excluding hydrogens is 186 g/mol. The quantitative estimate of drug-likeness (QED) is 0.549. The van der Waals surface area contributed by atoms with Gasteiger partial charge in [-0.3, -0.25) is 0 Å². The first-order valence-electron chi connectivity index (χ1n) is 4.41. The lowest BCUT2D eigenvalue weighted by atomic mass is 10.2. The van der Waals surface area contributed by atoms with Gasteiger partial charge in [0.25, 0.3) is 0 Å². The number of thioether (sulfide) groups is 1. The zero-order chi connectivity index (χ0) is 9.52. The second kappa shape index (κ2) is 5.91. The van der Waals surface area contributed by atoms with Crippen LogP contribution in [0.15, 0.2) is 12.3 Å². The van der Waals surface area contributed by atoms with Crippen molar-refractivity contribution in [3.8, 4) is 0 Å². The second-order valence-electron chi connectivity index (χ2n) is 2.94. The van der Waals surface area contributed by atoms with Crippen molar-refractivity contribution in [1.82, 2.24) is 5.32 Å².